The third-order valence-corrected chi connectivity index (χ3v) is 3.44. The van der Waals surface area contributed by atoms with Crippen molar-refractivity contribution in [3.8, 4) is 12.3 Å². The summed E-state index contributed by atoms with van der Waals surface area (Å²) >= 11 is 0. The molecule has 3 amide bonds. The second-order valence-corrected chi connectivity index (χ2v) is 5.73. The Labute approximate surface area is 152 Å². The molecule has 1 heterocycles. The number of rotatable bonds is 6. The maximum atomic E-state index is 11.9. The van der Waals surface area contributed by atoms with E-state index in [4.69, 9.17) is 6.42 Å². The van der Waals surface area contributed by atoms with Crippen molar-refractivity contribution in [3.05, 3.63) is 53.7 Å². The number of hydrogen-bond acceptors (Lipinski definition) is 4. The molecule has 26 heavy (non-hydrogen) atoms. The first kappa shape index (κ1) is 18.8. The molecule has 0 aliphatic heterocycles. The molecule has 0 bridgehead atoms. The zero-order chi connectivity index (χ0) is 18.9. The number of benzene rings is 1. The van der Waals surface area contributed by atoms with Gasteiger partial charge in [0, 0.05) is 38.1 Å². The molecule has 0 saturated heterocycles. The molecule has 0 radical (unpaired) electrons. The van der Waals surface area contributed by atoms with Gasteiger partial charge in [0.1, 0.15) is 5.82 Å². The molecule has 1 aromatic heterocycles. The van der Waals surface area contributed by atoms with Gasteiger partial charge in [-0.1, -0.05) is 18.1 Å². The first-order valence-corrected chi connectivity index (χ1v) is 7.98. The number of terminal acetylenes is 1. The van der Waals surface area contributed by atoms with Crippen LogP contribution in [-0.4, -0.2) is 37.6 Å². The molecule has 0 atom stereocenters. The van der Waals surface area contributed by atoms with Crippen LogP contribution >= 0.6 is 0 Å². The van der Waals surface area contributed by atoms with Gasteiger partial charge in [0.25, 0.3) is 0 Å². The smallest absolute Gasteiger partial charge is 0.315 e. The van der Waals surface area contributed by atoms with Crippen molar-refractivity contribution in [2.75, 3.05) is 30.9 Å². The number of hydrogen-bond donors (Lipinski definition) is 3. The molecule has 3 N–H and O–H groups in total. The van der Waals surface area contributed by atoms with Crippen molar-refractivity contribution in [2.45, 2.75) is 6.54 Å². The third kappa shape index (κ3) is 5.83. The van der Waals surface area contributed by atoms with Crippen molar-refractivity contribution < 1.29 is 9.59 Å². The minimum atomic E-state index is -0.436. The summed E-state index contributed by atoms with van der Waals surface area (Å²) in [4.78, 5) is 29.8. The van der Waals surface area contributed by atoms with Crippen LogP contribution < -0.4 is 20.9 Å². The number of aromatic nitrogens is 1. The molecule has 0 aliphatic rings. The Morgan fingerprint density at radius 2 is 2.00 bits per heavy atom. The molecule has 134 valence electrons. The summed E-state index contributed by atoms with van der Waals surface area (Å²) in [6.45, 7) is 0.169. The van der Waals surface area contributed by atoms with E-state index in [2.05, 4.69) is 26.9 Å². The minimum absolute atomic E-state index is 0.149. The average molecular weight is 351 g/mol. The fourth-order valence-corrected chi connectivity index (χ4v) is 2.08. The highest BCUT2D eigenvalue weighted by atomic mass is 16.2. The highest BCUT2D eigenvalue weighted by Crippen LogP contribution is 2.09. The molecule has 0 spiro atoms. The summed E-state index contributed by atoms with van der Waals surface area (Å²) in [7, 11) is 3.81. The number of nitrogens with one attached hydrogen (secondary N) is 3. The van der Waals surface area contributed by atoms with E-state index in [1.165, 1.54) is 0 Å². The lowest BCUT2D eigenvalue weighted by Gasteiger charge is -2.12. The van der Waals surface area contributed by atoms with Gasteiger partial charge in [-0.15, -0.1) is 6.42 Å². The van der Waals surface area contributed by atoms with E-state index in [9.17, 15) is 9.59 Å². The quantitative estimate of drug-likeness (QED) is 0.690. The van der Waals surface area contributed by atoms with Gasteiger partial charge in [-0.3, -0.25) is 4.79 Å². The first-order valence-electron chi connectivity index (χ1n) is 7.98. The van der Waals surface area contributed by atoms with E-state index >= 15 is 0 Å². The van der Waals surface area contributed by atoms with E-state index < -0.39 is 6.03 Å². The molecule has 7 nitrogen and oxygen atoms in total. The van der Waals surface area contributed by atoms with Crippen molar-refractivity contribution in [1.29, 1.82) is 0 Å². The predicted molar refractivity (Wildman–Crippen MR) is 102 cm³/mol. The Morgan fingerprint density at radius 3 is 2.65 bits per heavy atom. The van der Waals surface area contributed by atoms with Crippen molar-refractivity contribution in [3.63, 3.8) is 0 Å². The summed E-state index contributed by atoms with van der Waals surface area (Å²) in [5.41, 5.74) is 2.11. The number of pyridine rings is 1. The summed E-state index contributed by atoms with van der Waals surface area (Å²) in [6.07, 6.45) is 7.01. The zero-order valence-electron chi connectivity index (χ0n) is 14.7. The van der Waals surface area contributed by atoms with Crippen LogP contribution in [0.2, 0.25) is 0 Å². The van der Waals surface area contributed by atoms with E-state index in [1.807, 2.05) is 31.1 Å². The van der Waals surface area contributed by atoms with Gasteiger partial charge in [0.2, 0.25) is 5.91 Å². The molecular formula is C19H21N5O2. The summed E-state index contributed by atoms with van der Waals surface area (Å²) in [6, 6.07) is 10.2. The van der Waals surface area contributed by atoms with Crippen LogP contribution in [0.5, 0.6) is 0 Å². The number of urea groups is 1. The Morgan fingerprint density at radius 1 is 1.19 bits per heavy atom. The summed E-state index contributed by atoms with van der Waals surface area (Å²) < 4.78 is 0. The molecular weight excluding hydrogens is 330 g/mol. The predicted octanol–water partition coefficient (Wildman–Crippen LogP) is 1.57. The molecule has 0 saturated carbocycles. The zero-order valence-corrected chi connectivity index (χ0v) is 14.7. The van der Waals surface area contributed by atoms with Crippen LogP contribution in [0.1, 0.15) is 11.1 Å². The number of anilines is 2. The van der Waals surface area contributed by atoms with Crippen LogP contribution in [0, 0.1) is 12.3 Å². The van der Waals surface area contributed by atoms with Crippen molar-refractivity contribution in [2.24, 2.45) is 0 Å². The van der Waals surface area contributed by atoms with Gasteiger partial charge in [-0.2, -0.15) is 0 Å². The molecule has 0 fully saturated rings. The molecule has 2 aromatic rings. The molecule has 0 unspecified atom stereocenters. The number of carbonyl (C=O) groups is 2. The highest BCUT2D eigenvalue weighted by molar-refractivity contribution is 5.94. The van der Waals surface area contributed by atoms with E-state index in [1.54, 1.807) is 30.5 Å². The number of amides is 3. The lowest BCUT2D eigenvalue weighted by atomic mass is 10.2. The Hall–Kier alpha value is -3.53. The van der Waals surface area contributed by atoms with Gasteiger partial charge in [-0.05, 0) is 29.8 Å². The van der Waals surface area contributed by atoms with Crippen LogP contribution in [0.4, 0.5) is 16.3 Å². The van der Waals surface area contributed by atoms with E-state index in [-0.39, 0.29) is 12.5 Å². The lowest BCUT2D eigenvalue weighted by Crippen LogP contribution is -2.39. The van der Waals surface area contributed by atoms with Gasteiger partial charge in [0.15, 0.2) is 0 Å². The standard InChI is InChI=1S/C19H21N5O2/c1-4-14-6-5-7-16(10-14)23-18(25)13-22-19(26)21-12-15-8-9-17(20-11-15)24(2)3/h1,5-11H,12-13H2,2-3H3,(H,23,25)(H2,21,22,26). The second-order valence-electron chi connectivity index (χ2n) is 5.73. The van der Waals surface area contributed by atoms with E-state index in [0.29, 0.717) is 17.8 Å². The van der Waals surface area contributed by atoms with E-state index in [0.717, 1.165) is 11.4 Å². The first-order chi connectivity index (χ1) is 12.5. The molecule has 1 aromatic carbocycles. The topological polar surface area (TPSA) is 86.4 Å². The molecule has 2 rings (SSSR count). The van der Waals surface area contributed by atoms with Crippen LogP contribution in [0.15, 0.2) is 42.6 Å². The Kier molecular flexibility index (Phi) is 6.57. The Balaban J connectivity index is 1.74. The fraction of sp³-hybridized carbons (Fsp3) is 0.211. The molecule has 7 heteroatoms. The molecule has 0 aliphatic carbocycles. The van der Waals surface area contributed by atoms with Gasteiger partial charge in [-0.25, -0.2) is 9.78 Å². The maximum Gasteiger partial charge on any atom is 0.315 e. The van der Waals surface area contributed by atoms with Crippen molar-refractivity contribution in [1.82, 2.24) is 15.6 Å². The minimum Gasteiger partial charge on any atom is -0.363 e. The largest absolute Gasteiger partial charge is 0.363 e. The number of carbonyl (C=O) groups excluding carboxylic acids is 2. The van der Waals surface area contributed by atoms with Gasteiger partial charge in [0.05, 0.1) is 6.54 Å². The third-order valence-electron chi connectivity index (χ3n) is 3.44. The van der Waals surface area contributed by atoms with Crippen LogP contribution in [-0.2, 0) is 11.3 Å². The highest BCUT2D eigenvalue weighted by Gasteiger charge is 2.06. The fourth-order valence-electron chi connectivity index (χ4n) is 2.08. The Bertz CT molecular complexity index is 809. The normalized spacial score (nSPS) is 9.73. The second kappa shape index (κ2) is 9.08. The SMILES string of the molecule is C#Cc1cccc(NC(=O)CNC(=O)NCc2ccc(N(C)C)nc2)c1. The summed E-state index contributed by atoms with van der Waals surface area (Å²) in [5, 5.41) is 7.85. The average Bonchev–Trinajstić information content (AvgIpc) is 2.65. The summed E-state index contributed by atoms with van der Waals surface area (Å²) in [5.74, 6) is 2.99. The lowest BCUT2D eigenvalue weighted by molar-refractivity contribution is -0.115. The van der Waals surface area contributed by atoms with Crippen molar-refractivity contribution >= 4 is 23.4 Å². The van der Waals surface area contributed by atoms with Crippen LogP contribution in [0.3, 0.4) is 0 Å². The monoisotopic (exact) mass is 351 g/mol. The van der Waals surface area contributed by atoms with Crippen LogP contribution in [0.25, 0.3) is 0 Å². The maximum absolute atomic E-state index is 11.9. The van der Waals surface area contributed by atoms with Gasteiger partial charge < -0.3 is 20.9 Å². The van der Waals surface area contributed by atoms with Gasteiger partial charge >= 0.3 is 6.03 Å². The number of nitrogens with zero attached hydrogens (tertiary/aromatic N) is 2.